The number of hydrogen-bond acceptors (Lipinski definition) is 4. The summed E-state index contributed by atoms with van der Waals surface area (Å²) in [5.41, 5.74) is -2.74. The van der Waals surface area contributed by atoms with Crippen molar-refractivity contribution < 1.29 is 31.8 Å². The van der Waals surface area contributed by atoms with Crippen LogP contribution >= 0.6 is 0 Å². The molecule has 0 aliphatic carbocycles. The highest BCUT2D eigenvalue weighted by atomic mass is 19.4. The number of aromatic amines is 1. The van der Waals surface area contributed by atoms with E-state index in [1.165, 1.54) is 0 Å². The number of hydrogen-bond donors (Lipinski definition) is 1. The molecule has 0 bridgehead atoms. The molecule has 1 aromatic heterocycles. The van der Waals surface area contributed by atoms with Gasteiger partial charge in [0.15, 0.2) is 5.75 Å². The van der Waals surface area contributed by atoms with Crippen molar-refractivity contribution in [1.29, 1.82) is 0 Å². The van der Waals surface area contributed by atoms with Crippen molar-refractivity contribution >= 4 is 5.97 Å². The van der Waals surface area contributed by atoms with Gasteiger partial charge in [0.25, 0.3) is 5.56 Å². The number of alkyl halides is 4. The second-order valence-electron chi connectivity index (χ2n) is 3.01. The summed E-state index contributed by atoms with van der Waals surface area (Å²) in [6.45, 7) is -1.49. The lowest BCUT2D eigenvalue weighted by atomic mass is 10.1. The fraction of sp³-hybridized carbons (Fsp3) is 0.333. The van der Waals surface area contributed by atoms with Crippen LogP contribution in [0, 0.1) is 0 Å². The number of ether oxygens (including phenoxy) is 2. The van der Waals surface area contributed by atoms with Crippen LogP contribution in [0.15, 0.2) is 11.0 Å². The highest BCUT2D eigenvalue weighted by Gasteiger charge is 2.33. The zero-order valence-corrected chi connectivity index (χ0v) is 8.93. The normalized spacial score (nSPS) is 11.2. The lowest BCUT2D eigenvalue weighted by molar-refractivity contribution is -0.275. The molecule has 0 aromatic carbocycles. The molecule has 0 saturated carbocycles. The van der Waals surface area contributed by atoms with Crippen LogP contribution in [0.3, 0.4) is 0 Å². The van der Waals surface area contributed by atoms with Crippen molar-refractivity contribution in [2.24, 2.45) is 0 Å². The summed E-state index contributed by atoms with van der Waals surface area (Å²) in [7, 11) is 0.904. The van der Waals surface area contributed by atoms with Crippen molar-refractivity contribution in [2.75, 3.05) is 7.11 Å². The van der Waals surface area contributed by atoms with Gasteiger partial charge in [-0.3, -0.25) is 4.79 Å². The molecule has 9 heteroatoms. The molecule has 1 heterocycles. The van der Waals surface area contributed by atoms with E-state index >= 15 is 0 Å². The van der Waals surface area contributed by atoms with E-state index in [1.54, 1.807) is 0 Å². The summed E-state index contributed by atoms with van der Waals surface area (Å²) in [5.74, 6) is -2.25. The van der Waals surface area contributed by atoms with E-state index < -0.39 is 41.4 Å². The number of nitrogens with one attached hydrogen (secondary N) is 1. The highest BCUT2D eigenvalue weighted by molar-refractivity contribution is 5.91. The SMILES string of the molecule is COC(=O)c1c(CF)c(OC(F)(F)F)c[nH]c1=O. The van der Waals surface area contributed by atoms with E-state index in [0.29, 0.717) is 6.20 Å². The first-order valence-corrected chi connectivity index (χ1v) is 4.44. The lowest BCUT2D eigenvalue weighted by Gasteiger charge is -2.13. The van der Waals surface area contributed by atoms with Gasteiger partial charge in [-0.15, -0.1) is 13.2 Å². The van der Waals surface area contributed by atoms with Crippen molar-refractivity contribution in [1.82, 2.24) is 4.98 Å². The average Bonchev–Trinajstić information content (AvgIpc) is 2.28. The Kier molecular flexibility index (Phi) is 3.94. The molecule has 5 nitrogen and oxygen atoms in total. The number of H-pyrrole nitrogens is 1. The Morgan fingerprint density at radius 2 is 2.06 bits per heavy atom. The molecule has 0 unspecified atom stereocenters. The summed E-state index contributed by atoms with van der Waals surface area (Å²) in [4.78, 5) is 24.3. The summed E-state index contributed by atoms with van der Waals surface area (Å²) in [5, 5.41) is 0. The Balaban J connectivity index is 3.39. The third-order valence-corrected chi connectivity index (χ3v) is 1.91. The van der Waals surface area contributed by atoms with Gasteiger partial charge in [-0.05, 0) is 0 Å². The molecular formula is C9H7F4NO4. The van der Waals surface area contributed by atoms with E-state index in [-0.39, 0.29) is 0 Å². The van der Waals surface area contributed by atoms with Gasteiger partial charge < -0.3 is 14.5 Å². The van der Waals surface area contributed by atoms with Gasteiger partial charge in [0.05, 0.1) is 7.11 Å². The van der Waals surface area contributed by atoms with Gasteiger partial charge in [0.2, 0.25) is 0 Å². The van der Waals surface area contributed by atoms with Crippen LogP contribution in [0.2, 0.25) is 0 Å². The van der Waals surface area contributed by atoms with Gasteiger partial charge in [-0.1, -0.05) is 0 Å². The zero-order chi connectivity index (χ0) is 13.9. The molecule has 0 fully saturated rings. The fourth-order valence-electron chi connectivity index (χ4n) is 1.22. The number of carbonyl (C=O) groups is 1. The Bertz CT molecular complexity index is 508. The molecule has 0 atom stereocenters. The second-order valence-corrected chi connectivity index (χ2v) is 3.01. The number of esters is 1. The minimum absolute atomic E-state index is 0.525. The van der Waals surface area contributed by atoms with Crippen LogP contribution in [-0.4, -0.2) is 24.4 Å². The van der Waals surface area contributed by atoms with Crippen LogP contribution < -0.4 is 10.3 Å². The monoisotopic (exact) mass is 269 g/mol. The molecule has 0 radical (unpaired) electrons. The maximum atomic E-state index is 12.7. The summed E-state index contributed by atoms with van der Waals surface area (Å²) in [6.07, 6.45) is -4.55. The highest BCUT2D eigenvalue weighted by Crippen LogP contribution is 2.27. The Hall–Kier alpha value is -2.06. The number of halogens is 4. The Morgan fingerprint density at radius 1 is 1.44 bits per heavy atom. The predicted octanol–water partition coefficient (Wildman–Crippen LogP) is 1.53. The molecular weight excluding hydrogens is 262 g/mol. The van der Waals surface area contributed by atoms with Gasteiger partial charge in [0.1, 0.15) is 12.2 Å². The minimum Gasteiger partial charge on any atom is -0.465 e. The van der Waals surface area contributed by atoms with Crippen LogP contribution in [0.1, 0.15) is 15.9 Å². The Labute approximate surface area is 97.3 Å². The zero-order valence-electron chi connectivity index (χ0n) is 8.93. The first-order valence-electron chi connectivity index (χ1n) is 4.44. The Morgan fingerprint density at radius 3 is 2.50 bits per heavy atom. The largest absolute Gasteiger partial charge is 0.573 e. The number of carbonyl (C=O) groups excluding carboxylic acids is 1. The van der Waals surface area contributed by atoms with E-state index in [1.807, 2.05) is 4.98 Å². The van der Waals surface area contributed by atoms with Crippen molar-refractivity contribution in [3.05, 3.63) is 27.7 Å². The molecule has 100 valence electrons. The van der Waals surface area contributed by atoms with Crippen LogP contribution in [0.5, 0.6) is 5.75 Å². The maximum absolute atomic E-state index is 12.7. The van der Waals surface area contributed by atoms with Crippen molar-refractivity contribution in [3.8, 4) is 5.75 Å². The van der Waals surface area contributed by atoms with E-state index in [4.69, 9.17) is 0 Å². The molecule has 1 aromatic rings. The third kappa shape index (κ3) is 2.99. The summed E-state index contributed by atoms with van der Waals surface area (Å²) in [6, 6.07) is 0. The van der Waals surface area contributed by atoms with Gasteiger partial charge in [0, 0.05) is 11.8 Å². The number of aromatic nitrogens is 1. The molecule has 0 saturated heterocycles. The molecule has 1 rings (SSSR count). The molecule has 18 heavy (non-hydrogen) atoms. The van der Waals surface area contributed by atoms with Gasteiger partial charge >= 0.3 is 12.3 Å². The fourth-order valence-corrected chi connectivity index (χ4v) is 1.22. The summed E-state index contributed by atoms with van der Waals surface area (Å²) < 4.78 is 56.4. The van der Waals surface area contributed by atoms with E-state index in [0.717, 1.165) is 7.11 Å². The number of pyridine rings is 1. The topological polar surface area (TPSA) is 68.4 Å². The van der Waals surface area contributed by atoms with Gasteiger partial charge in [-0.2, -0.15) is 0 Å². The molecule has 1 N–H and O–H groups in total. The standard InChI is InChI=1S/C9H7F4NO4/c1-17-8(16)6-4(2-10)5(3-14-7(6)15)18-9(11,12)13/h3H,2H2,1H3,(H,14,15). The molecule has 0 amide bonds. The predicted molar refractivity (Wildman–Crippen MR) is 49.9 cm³/mol. The quantitative estimate of drug-likeness (QED) is 0.667. The molecule has 0 aliphatic rings. The number of methoxy groups -OCH3 is 1. The first-order chi connectivity index (χ1) is 8.30. The first kappa shape index (κ1) is 14.0. The van der Waals surface area contributed by atoms with E-state index in [2.05, 4.69) is 9.47 Å². The van der Waals surface area contributed by atoms with Crippen LogP contribution in [0.4, 0.5) is 17.6 Å². The van der Waals surface area contributed by atoms with E-state index in [9.17, 15) is 27.2 Å². The molecule has 0 spiro atoms. The average molecular weight is 269 g/mol. The lowest BCUT2D eigenvalue weighted by Crippen LogP contribution is -2.25. The minimum atomic E-state index is -5.07. The van der Waals surface area contributed by atoms with Crippen molar-refractivity contribution in [2.45, 2.75) is 13.0 Å². The maximum Gasteiger partial charge on any atom is 0.573 e. The smallest absolute Gasteiger partial charge is 0.465 e. The summed E-state index contributed by atoms with van der Waals surface area (Å²) >= 11 is 0. The van der Waals surface area contributed by atoms with Crippen molar-refractivity contribution in [3.63, 3.8) is 0 Å². The van der Waals surface area contributed by atoms with Gasteiger partial charge in [-0.25, -0.2) is 9.18 Å². The van der Waals surface area contributed by atoms with Crippen LogP contribution in [0.25, 0.3) is 0 Å². The molecule has 0 aliphatic heterocycles. The number of rotatable bonds is 3. The second kappa shape index (κ2) is 5.07. The third-order valence-electron chi connectivity index (χ3n) is 1.91. The van der Waals surface area contributed by atoms with Crippen LogP contribution in [-0.2, 0) is 11.4 Å².